The average Bonchev–Trinajstić information content (AvgIpc) is 2.38. The van der Waals surface area contributed by atoms with Gasteiger partial charge in [-0.3, -0.25) is 0 Å². The molecule has 0 saturated heterocycles. The number of rotatable bonds is 8. The number of aliphatic hydroxyl groups excluding tert-OH is 1. The minimum atomic E-state index is -0.00220. The predicted molar refractivity (Wildman–Crippen MR) is 73.9 cm³/mol. The van der Waals surface area contributed by atoms with Crippen molar-refractivity contribution in [3.05, 3.63) is 31.0 Å². The lowest BCUT2D eigenvalue weighted by atomic mass is 10.00. The van der Waals surface area contributed by atoms with E-state index in [0.717, 1.165) is 12.1 Å². The molecule has 0 amide bonds. The van der Waals surface area contributed by atoms with E-state index in [1.54, 1.807) is 12.3 Å². The molecular formula is C14H22N2O2. The van der Waals surface area contributed by atoms with Gasteiger partial charge in [-0.2, -0.15) is 0 Å². The van der Waals surface area contributed by atoms with Gasteiger partial charge in [0.25, 0.3) is 0 Å². The molecule has 4 nitrogen and oxygen atoms in total. The van der Waals surface area contributed by atoms with Crippen molar-refractivity contribution in [2.24, 2.45) is 5.92 Å². The second kappa shape index (κ2) is 7.71. The quantitative estimate of drug-likeness (QED) is 0.696. The van der Waals surface area contributed by atoms with Crippen molar-refractivity contribution in [2.45, 2.75) is 26.3 Å². The molecule has 0 saturated carbocycles. The first kappa shape index (κ1) is 14.5. The van der Waals surface area contributed by atoms with Crippen molar-refractivity contribution in [3.63, 3.8) is 0 Å². The Balaban J connectivity index is 2.49. The lowest BCUT2D eigenvalue weighted by molar-refractivity contribution is 0.196. The minimum Gasteiger partial charge on any atom is -0.475 e. The molecule has 1 rings (SSSR count). The molecule has 100 valence electrons. The fourth-order valence-corrected chi connectivity index (χ4v) is 1.57. The van der Waals surface area contributed by atoms with E-state index in [2.05, 4.69) is 30.7 Å². The molecule has 18 heavy (non-hydrogen) atoms. The molecule has 2 atom stereocenters. The van der Waals surface area contributed by atoms with E-state index in [1.165, 1.54) is 0 Å². The van der Waals surface area contributed by atoms with E-state index in [-0.39, 0.29) is 13.2 Å². The van der Waals surface area contributed by atoms with Crippen LogP contribution in [-0.4, -0.2) is 29.3 Å². The second-order valence-corrected chi connectivity index (χ2v) is 4.39. The number of aromatic nitrogens is 1. The van der Waals surface area contributed by atoms with Gasteiger partial charge in [-0.05, 0) is 25.3 Å². The van der Waals surface area contributed by atoms with Crippen molar-refractivity contribution in [3.8, 4) is 5.88 Å². The van der Waals surface area contributed by atoms with Gasteiger partial charge in [0.15, 0.2) is 0 Å². The van der Waals surface area contributed by atoms with Crippen LogP contribution < -0.4 is 10.1 Å². The summed E-state index contributed by atoms with van der Waals surface area (Å²) in [5.41, 5.74) is 0.967. The largest absolute Gasteiger partial charge is 0.475 e. The summed E-state index contributed by atoms with van der Waals surface area (Å²) >= 11 is 0. The van der Waals surface area contributed by atoms with E-state index < -0.39 is 0 Å². The Morgan fingerprint density at radius 1 is 1.50 bits per heavy atom. The van der Waals surface area contributed by atoms with Crippen LogP contribution in [0.3, 0.4) is 0 Å². The van der Waals surface area contributed by atoms with E-state index in [4.69, 9.17) is 9.84 Å². The fourth-order valence-electron chi connectivity index (χ4n) is 1.57. The van der Waals surface area contributed by atoms with Crippen LogP contribution in [0.1, 0.15) is 20.3 Å². The molecule has 4 heteroatoms. The number of allylic oxidation sites excluding steroid dienone is 1. The first-order valence-corrected chi connectivity index (χ1v) is 6.24. The number of nitrogens with one attached hydrogen (secondary N) is 1. The summed E-state index contributed by atoms with van der Waals surface area (Å²) in [7, 11) is 0. The summed E-state index contributed by atoms with van der Waals surface area (Å²) in [5, 5.41) is 12.0. The topological polar surface area (TPSA) is 54.4 Å². The standard InChI is InChI=1S/C14H22N2O2/c1-4-5-11(2)12(3)16-13-6-7-14(15-10-13)18-9-8-17/h4,6-7,10-12,16-17H,1,5,8-9H2,2-3H3. The molecule has 2 unspecified atom stereocenters. The number of ether oxygens (including phenoxy) is 1. The van der Waals surface area contributed by atoms with Gasteiger partial charge in [-0.25, -0.2) is 4.98 Å². The molecule has 1 aromatic rings. The van der Waals surface area contributed by atoms with Gasteiger partial charge >= 0.3 is 0 Å². The minimum absolute atomic E-state index is 0.00220. The van der Waals surface area contributed by atoms with Crippen LogP contribution in [0.15, 0.2) is 31.0 Å². The Labute approximate surface area is 109 Å². The molecule has 2 N–H and O–H groups in total. The molecule has 1 aromatic heterocycles. The molecule has 0 radical (unpaired) electrons. The number of nitrogens with zero attached hydrogens (tertiary/aromatic N) is 1. The predicted octanol–water partition coefficient (Wildman–Crippen LogP) is 2.47. The summed E-state index contributed by atoms with van der Waals surface area (Å²) in [6, 6.07) is 4.08. The van der Waals surface area contributed by atoms with Gasteiger partial charge in [0.05, 0.1) is 18.5 Å². The van der Waals surface area contributed by atoms with Crippen LogP contribution in [0.4, 0.5) is 5.69 Å². The number of pyridine rings is 1. The van der Waals surface area contributed by atoms with Gasteiger partial charge < -0.3 is 15.2 Å². The maximum atomic E-state index is 8.64. The summed E-state index contributed by atoms with van der Waals surface area (Å²) in [5.74, 6) is 1.05. The highest BCUT2D eigenvalue weighted by molar-refractivity contribution is 5.42. The Bertz CT molecular complexity index is 351. The molecule has 0 spiro atoms. The third-order valence-corrected chi connectivity index (χ3v) is 2.86. The van der Waals surface area contributed by atoms with E-state index in [0.29, 0.717) is 17.8 Å². The zero-order chi connectivity index (χ0) is 13.4. The van der Waals surface area contributed by atoms with E-state index in [1.807, 2.05) is 12.1 Å². The molecule has 0 aliphatic rings. The van der Waals surface area contributed by atoms with Crippen LogP contribution in [0, 0.1) is 5.92 Å². The van der Waals surface area contributed by atoms with Crippen molar-refractivity contribution in [2.75, 3.05) is 18.5 Å². The normalized spacial score (nSPS) is 13.7. The molecular weight excluding hydrogens is 228 g/mol. The van der Waals surface area contributed by atoms with Crippen molar-refractivity contribution in [1.82, 2.24) is 4.98 Å². The number of hydrogen-bond acceptors (Lipinski definition) is 4. The summed E-state index contributed by atoms with van der Waals surface area (Å²) in [6.45, 7) is 8.35. The van der Waals surface area contributed by atoms with E-state index >= 15 is 0 Å². The molecule has 0 aliphatic carbocycles. The molecule has 0 aliphatic heterocycles. The molecule has 1 heterocycles. The lowest BCUT2D eigenvalue weighted by Gasteiger charge is -2.21. The second-order valence-electron chi connectivity index (χ2n) is 4.39. The molecule has 0 bridgehead atoms. The maximum absolute atomic E-state index is 8.64. The first-order valence-electron chi connectivity index (χ1n) is 6.24. The van der Waals surface area contributed by atoms with Crippen LogP contribution in [0.5, 0.6) is 5.88 Å². The smallest absolute Gasteiger partial charge is 0.213 e. The summed E-state index contributed by atoms with van der Waals surface area (Å²) < 4.78 is 5.20. The van der Waals surface area contributed by atoms with Gasteiger partial charge in [-0.15, -0.1) is 6.58 Å². The van der Waals surface area contributed by atoms with E-state index in [9.17, 15) is 0 Å². The van der Waals surface area contributed by atoms with Gasteiger partial charge in [0.1, 0.15) is 6.61 Å². The molecule has 0 aromatic carbocycles. The summed E-state index contributed by atoms with van der Waals surface area (Å²) in [4.78, 5) is 4.16. The average molecular weight is 250 g/mol. The zero-order valence-electron chi connectivity index (χ0n) is 11.1. The monoisotopic (exact) mass is 250 g/mol. The number of hydrogen-bond donors (Lipinski definition) is 2. The summed E-state index contributed by atoms with van der Waals surface area (Å²) in [6.07, 6.45) is 4.66. The third kappa shape index (κ3) is 4.75. The highest BCUT2D eigenvalue weighted by atomic mass is 16.5. The van der Waals surface area contributed by atoms with Crippen molar-refractivity contribution >= 4 is 5.69 Å². The number of aliphatic hydroxyl groups is 1. The zero-order valence-corrected chi connectivity index (χ0v) is 11.1. The van der Waals surface area contributed by atoms with Crippen LogP contribution in [0.2, 0.25) is 0 Å². The highest BCUT2D eigenvalue weighted by Crippen LogP contribution is 2.16. The SMILES string of the molecule is C=CCC(C)C(C)Nc1ccc(OCCO)nc1. The maximum Gasteiger partial charge on any atom is 0.213 e. The number of anilines is 1. The van der Waals surface area contributed by atoms with Crippen LogP contribution in [0.25, 0.3) is 0 Å². The van der Waals surface area contributed by atoms with Gasteiger partial charge in [-0.1, -0.05) is 13.0 Å². The van der Waals surface area contributed by atoms with Crippen LogP contribution in [-0.2, 0) is 0 Å². The van der Waals surface area contributed by atoms with Gasteiger partial charge in [0.2, 0.25) is 5.88 Å². The molecule has 0 fully saturated rings. The van der Waals surface area contributed by atoms with Crippen molar-refractivity contribution in [1.29, 1.82) is 0 Å². The highest BCUT2D eigenvalue weighted by Gasteiger charge is 2.10. The third-order valence-electron chi connectivity index (χ3n) is 2.86. The Morgan fingerprint density at radius 2 is 2.28 bits per heavy atom. The fraction of sp³-hybridized carbons (Fsp3) is 0.500. The Kier molecular flexibility index (Phi) is 6.22. The Hall–Kier alpha value is -1.55. The van der Waals surface area contributed by atoms with Gasteiger partial charge in [0, 0.05) is 12.1 Å². The lowest BCUT2D eigenvalue weighted by Crippen LogP contribution is -2.23. The Morgan fingerprint density at radius 3 is 2.83 bits per heavy atom. The first-order chi connectivity index (χ1) is 8.67. The van der Waals surface area contributed by atoms with Crippen molar-refractivity contribution < 1.29 is 9.84 Å². The van der Waals surface area contributed by atoms with Crippen LogP contribution >= 0.6 is 0 Å².